The summed E-state index contributed by atoms with van der Waals surface area (Å²) in [6.07, 6.45) is 1.79. The van der Waals surface area contributed by atoms with Gasteiger partial charge in [-0.2, -0.15) is 0 Å². The number of rotatable bonds is 3. The van der Waals surface area contributed by atoms with Crippen molar-refractivity contribution in [3.8, 4) is 0 Å². The molecule has 0 atom stereocenters. The van der Waals surface area contributed by atoms with Gasteiger partial charge in [-0.1, -0.05) is 13.0 Å². The molecule has 20 heavy (non-hydrogen) atoms. The Kier molecular flexibility index (Phi) is 4.33. The summed E-state index contributed by atoms with van der Waals surface area (Å²) in [7, 11) is 4.03. The maximum Gasteiger partial charge on any atom is 0.230 e. The number of benzene rings is 1. The molecule has 0 unspecified atom stereocenters. The predicted octanol–water partition coefficient (Wildman–Crippen LogP) is 2.39. The molecule has 1 fully saturated rings. The molecule has 4 nitrogen and oxygen atoms in total. The fraction of sp³-hybridized carbons (Fsp3) is 0.562. The van der Waals surface area contributed by atoms with Crippen LogP contribution in [0.2, 0.25) is 0 Å². The average Bonchev–Trinajstić information content (AvgIpc) is 2.41. The molecule has 1 aromatic rings. The number of carbonyl (C=O) groups is 1. The third-order valence-corrected chi connectivity index (χ3v) is 4.20. The normalized spacial score (nSPS) is 17.6. The monoisotopic (exact) mass is 275 g/mol. The molecule has 1 aliphatic rings. The quantitative estimate of drug-likeness (QED) is 0.890. The van der Waals surface area contributed by atoms with Gasteiger partial charge in [-0.15, -0.1) is 0 Å². The molecule has 0 spiro atoms. The van der Waals surface area contributed by atoms with E-state index in [-0.39, 0.29) is 11.3 Å². The van der Waals surface area contributed by atoms with Crippen LogP contribution >= 0.6 is 0 Å². The molecule has 1 heterocycles. The molecule has 110 valence electrons. The van der Waals surface area contributed by atoms with Crippen LogP contribution in [0.3, 0.4) is 0 Å². The summed E-state index contributed by atoms with van der Waals surface area (Å²) in [5, 5.41) is 6.38. The molecule has 0 saturated carbocycles. The van der Waals surface area contributed by atoms with Crippen molar-refractivity contribution in [3.05, 3.63) is 23.8 Å². The summed E-state index contributed by atoms with van der Waals surface area (Å²) < 4.78 is 0. The molecule has 1 aromatic carbocycles. The van der Waals surface area contributed by atoms with E-state index in [1.807, 2.05) is 26.2 Å². The second kappa shape index (κ2) is 5.83. The zero-order valence-corrected chi connectivity index (χ0v) is 12.9. The van der Waals surface area contributed by atoms with Gasteiger partial charge in [-0.05, 0) is 50.6 Å². The highest BCUT2D eigenvalue weighted by atomic mass is 16.2. The van der Waals surface area contributed by atoms with Crippen LogP contribution < -0.4 is 15.5 Å². The molecule has 1 saturated heterocycles. The van der Waals surface area contributed by atoms with E-state index < -0.39 is 0 Å². The zero-order chi connectivity index (χ0) is 14.8. The first-order chi connectivity index (χ1) is 9.42. The predicted molar refractivity (Wildman–Crippen MR) is 84.3 cm³/mol. The lowest BCUT2D eigenvalue weighted by atomic mass is 9.80. The third kappa shape index (κ3) is 3.12. The number of amides is 1. The molecule has 2 rings (SSSR count). The van der Waals surface area contributed by atoms with Crippen LogP contribution in [0.4, 0.5) is 11.4 Å². The minimum Gasteiger partial charge on any atom is -0.377 e. The van der Waals surface area contributed by atoms with Crippen molar-refractivity contribution in [1.29, 1.82) is 0 Å². The summed E-state index contributed by atoms with van der Waals surface area (Å²) in [6, 6.07) is 6.07. The second-order valence-electron chi connectivity index (χ2n) is 6.16. The second-order valence-corrected chi connectivity index (χ2v) is 6.16. The summed E-state index contributed by atoms with van der Waals surface area (Å²) >= 11 is 0. The van der Waals surface area contributed by atoms with Crippen LogP contribution in [0, 0.1) is 12.3 Å². The summed E-state index contributed by atoms with van der Waals surface area (Å²) in [5.41, 5.74) is 2.97. The van der Waals surface area contributed by atoms with E-state index >= 15 is 0 Å². The number of piperidine rings is 1. The molecule has 0 aromatic heterocycles. The molecule has 1 aliphatic heterocycles. The maximum absolute atomic E-state index is 12.5. The van der Waals surface area contributed by atoms with E-state index in [0.29, 0.717) is 0 Å². The van der Waals surface area contributed by atoms with Gasteiger partial charge in [-0.3, -0.25) is 4.79 Å². The third-order valence-electron chi connectivity index (χ3n) is 4.20. The van der Waals surface area contributed by atoms with E-state index in [1.165, 1.54) is 5.56 Å². The Hall–Kier alpha value is -1.55. The van der Waals surface area contributed by atoms with Gasteiger partial charge >= 0.3 is 0 Å². The Balaban J connectivity index is 2.13. The Morgan fingerprint density at radius 3 is 2.55 bits per heavy atom. The molecular formula is C16H25N3O. The minimum absolute atomic E-state index is 0.132. The number of hydrogen-bond donors (Lipinski definition) is 2. The van der Waals surface area contributed by atoms with Gasteiger partial charge in [0.1, 0.15) is 0 Å². The number of hydrogen-bond acceptors (Lipinski definition) is 3. The minimum atomic E-state index is -0.256. The van der Waals surface area contributed by atoms with Crippen molar-refractivity contribution in [1.82, 2.24) is 5.32 Å². The largest absolute Gasteiger partial charge is 0.377 e. The van der Waals surface area contributed by atoms with E-state index in [4.69, 9.17) is 0 Å². The smallest absolute Gasteiger partial charge is 0.230 e. The van der Waals surface area contributed by atoms with Gasteiger partial charge in [0.2, 0.25) is 5.91 Å². The highest BCUT2D eigenvalue weighted by Crippen LogP contribution is 2.30. The van der Waals surface area contributed by atoms with Crippen molar-refractivity contribution in [2.24, 2.45) is 5.41 Å². The SMILES string of the molecule is Cc1ccc(NC(=O)C2(C)CCNCC2)cc1N(C)C. The molecular weight excluding hydrogens is 250 g/mol. The van der Waals surface area contributed by atoms with Crippen molar-refractivity contribution >= 4 is 17.3 Å². The molecule has 0 bridgehead atoms. The fourth-order valence-corrected chi connectivity index (χ4v) is 2.66. The molecule has 0 aliphatic carbocycles. The van der Waals surface area contributed by atoms with Crippen LogP contribution in [0.25, 0.3) is 0 Å². The maximum atomic E-state index is 12.5. The van der Waals surface area contributed by atoms with Crippen LogP contribution in [0.5, 0.6) is 0 Å². The number of carbonyl (C=O) groups excluding carboxylic acids is 1. The molecule has 4 heteroatoms. The molecule has 0 radical (unpaired) electrons. The lowest BCUT2D eigenvalue weighted by molar-refractivity contribution is -0.126. The van der Waals surface area contributed by atoms with Crippen molar-refractivity contribution in [2.75, 3.05) is 37.4 Å². The van der Waals surface area contributed by atoms with Crippen molar-refractivity contribution in [3.63, 3.8) is 0 Å². The van der Waals surface area contributed by atoms with Crippen LogP contribution in [0.1, 0.15) is 25.3 Å². The first-order valence-corrected chi connectivity index (χ1v) is 7.22. The molecule has 2 N–H and O–H groups in total. The summed E-state index contributed by atoms with van der Waals surface area (Å²) in [4.78, 5) is 14.6. The van der Waals surface area contributed by atoms with E-state index in [0.717, 1.165) is 37.3 Å². The average molecular weight is 275 g/mol. The van der Waals surface area contributed by atoms with Crippen LogP contribution in [0.15, 0.2) is 18.2 Å². The Morgan fingerprint density at radius 2 is 1.95 bits per heavy atom. The zero-order valence-electron chi connectivity index (χ0n) is 12.9. The molecule has 1 amide bonds. The Bertz CT molecular complexity index is 490. The van der Waals surface area contributed by atoms with Crippen molar-refractivity contribution in [2.45, 2.75) is 26.7 Å². The topological polar surface area (TPSA) is 44.4 Å². The number of nitrogens with one attached hydrogen (secondary N) is 2. The first-order valence-electron chi connectivity index (χ1n) is 7.22. The summed E-state index contributed by atoms with van der Waals surface area (Å²) in [6.45, 7) is 5.97. The summed E-state index contributed by atoms with van der Waals surface area (Å²) in [5.74, 6) is 0.132. The van der Waals surface area contributed by atoms with Gasteiger partial charge in [0.15, 0.2) is 0 Å². The first kappa shape index (κ1) is 14.9. The highest BCUT2D eigenvalue weighted by Gasteiger charge is 2.34. The van der Waals surface area contributed by atoms with E-state index in [9.17, 15) is 4.79 Å². The van der Waals surface area contributed by atoms with Gasteiger partial charge < -0.3 is 15.5 Å². The van der Waals surface area contributed by atoms with Crippen LogP contribution in [-0.2, 0) is 4.79 Å². The number of anilines is 2. The van der Waals surface area contributed by atoms with Crippen molar-refractivity contribution < 1.29 is 4.79 Å². The lowest BCUT2D eigenvalue weighted by Crippen LogP contribution is -2.42. The number of aryl methyl sites for hydroxylation is 1. The van der Waals surface area contributed by atoms with Gasteiger partial charge in [-0.25, -0.2) is 0 Å². The van der Waals surface area contributed by atoms with Gasteiger partial charge in [0.05, 0.1) is 0 Å². The van der Waals surface area contributed by atoms with Gasteiger partial charge in [0.25, 0.3) is 0 Å². The number of nitrogens with zero attached hydrogens (tertiary/aromatic N) is 1. The van der Waals surface area contributed by atoms with Gasteiger partial charge in [0, 0.05) is 30.9 Å². The van der Waals surface area contributed by atoms with Crippen LogP contribution in [-0.4, -0.2) is 33.1 Å². The highest BCUT2D eigenvalue weighted by molar-refractivity contribution is 5.95. The lowest BCUT2D eigenvalue weighted by Gasteiger charge is -2.32. The fourth-order valence-electron chi connectivity index (χ4n) is 2.66. The standard InChI is InChI=1S/C16H25N3O/c1-12-5-6-13(11-14(12)19(3)4)18-15(20)16(2)7-9-17-10-8-16/h5-6,11,17H,7-10H2,1-4H3,(H,18,20). The van der Waals surface area contributed by atoms with E-state index in [1.54, 1.807) is 0 Å². The Morgan fingerprint density at radius 1 is 1.30 bits per heavy atom. The Labute approximate surface area is 121 Å². The van der Waals surface area contributed by atoms with E-state index in [2.05, 4.69) is 35.4 Å².